The van der Waals surface area contributed by atoms with E-state index in [4.69, 9.17) is 0 Å². The molecule has 7 nitrogen and oxygen atoms in total. The summed E-state index contributed by atoms with van der Waals surface area (Å²) in [6.07, 6.45) is 0.593. The van der Waals surface area contributed by atoms with Gasteiger partial charge in [-0.05, 0) is 56.5 Å². The lowest BCUT2D eigenvalue weighted by atomic mass is 10.1. The van der Waals surface area contributed by atoms with Crippen LogP contribution in [0.2, 0.25) is 0 Å². The van der Waals surface area contributed by atoms with Gasteiger partial charge in [0.2, 0.25) is 5.91 Å². The van der Waals surface area contributed by atoms with Crippen molar-refractivity contribution in [3.05, 3.63) is 65.5 Å². The quantitative estimate of drug-likeness (QED) is 0.464. The molecule has 0 spiro atoms. The van der Waals surface area contributed by atoms with E-state index in [1.54, 1.807) is 34.9 Å². The first kappa shape index (κ1) is 24.0. The summed E-state index contributed by atoms with van der Waals surface area (Å²) in [6, 6.07) is 14.2. The number of benzene rings is 2. The van der Waals surface area contributed by atoms with Gasteiger partial charge in [0, 0.05) is 12.2 Å². The summed E-state index contributed by atoms with van der Waals surface area (Å²) in [5.41, 5.74) is 2.86. The molecule has 2 aromatic carbocycles. The largest absolute Gasteiger partial charge is 0.325 e. The van der Waals surface area contributed by atoms with Gasteiger partial charge in [0.25, 0.3) is 0 Å². The van der Waals surface area contributed by atoms with Crippen molar-refractivity contribution in [1.82, 2.24) is 14.8 Å². The number of aryl methyl sites for hydroxylation is 2. The first-order valence-electron chi connectivity index (χ1n) is 10.5. The van der Waals surface area contributed by atoms with E-state index in [0.29, 0.717) is 23.9 Å². The number of sulfone groups is 1. The van der Waals surface area contributed by atoms with Gasteiger partial charge in [0.1, 0.15) is 11.6 Å². The third kappa shape index (κ3) is 5.58. The van der Waals surface area contributed by atoms with Crippen LogP contribution in [-0.2, 0) is 26.9 Å². The molecule has 9 heteroatoms. The molecule has 1 unspecified atom stereocenters. The average Bonchev–Trinajstić information content (AvgIpc) is 3.15. The lowest BCUT2D eigenvalue weighted by Gasteiger charge is -2.16. The zero-order valence-electron chi connectivity index (χ0n) is 18.7. The molecule has 1 N–H and O–H groups in total. The zero-order valence-corrected chi connectivity index (χ0v) is 20.3. The Balaban J connectivity index is 1.78. The van der Waals surface area contributed by atoms with E-state index in [9.17, 15) is 13.2 Å². The highest BCUT2D eigenvalue weighted by atomic mass is 32.2. The van der Waals surface area contributed by atoms with Crippen LogP contribution in [0.4, 0.5) is 5.69 Å². The van der Waals surface area contributed by atoms with E-state index in [0.717, 1.165) is 16.8 Å². The monoisotopic (exact) mass is 472 g/mol. The Kier molecular flexibility index (Phi) is 7.73. The lowest BCUT2D eigenvalue weighted by Crippen LogP contribution is -2.25. The number of nitrogens with zero attached hydrogens (tertiary/aromatic N) is 3. The van der Waals surface area contributed by atoms with E-state index >= 15 is 0 Å². The Morgan fingerprint density at radius 1 is 1.09 bits per heavy atom. The van der Waals surface area contributed by atoms with Crippen LogP contribution in [0.5, 0.6) is 0 Å². The molecule has 1 aromatic heterocycles. The van der Waals surface area contributed by atoms with Gasteiger partial charge in [-0.2, -0.15) is 0 Å². The highest BCUT2D eigenvalue weighted by Crippen LogP contribution is 2.28. The van der Waals surface area contributed by atoms with Gasteiger partial charge in [-0.3, -0.25) is 4.79 Å². The van der Waals surface area contributed by atoms with Crippen LogP contribution in [-0.4, -0.2) is 34.3 Å². The van der Waals surface area contributed by atoms with Crippen molar-refractivity contribution in [2.45, 2.75) is 61.7 Å². The molecule has 0 bridgehead atoms. The second kappa shape index (κ2) is 10.3. The predicted molar refractivity (Wildman–Crippen MR) is 128 cm³/mol. The number of carbonyl (C=O) groups is 1. The fourth-order valence-electron chi connectivity index (χ4n) is 3.24. The minimum Gasteiger partial charge on any atom is -0.325 e. The number of aromatic nitrogens is 3. The van der Waals surface area contributed by atoms with E-state index in [2.05, 4.69) is 15.5 Å². The Hall–Kier alpha value is -2.65. The summed E-state index contributed by atoms with van der Waals surface area (Å²) >= 11 is 1.30. The smallest absolute Gasteiger partial charge is 0.237 e. The van der Waals surface area contributed by atoms with Crippen molar-refractivity contribution in [3.63, 3.8) is 0 Å². The van der Waals surface area contributed by atoms with E-state index in [1.165, 1.54) is 11.8 Å². The second-order valence-electron chi connectivity index (χ2n) is 7.54. The van der Waals surface area contributed by atoms with Crippen LogP contribution in [0, 0.1) is 13.8 Å². The van der Waals surface area contributed by atoms with Gasteiger partial charge in [0.05, 0.1) is 10.1 Å². The Morgan fingerprint density at radius 3 is 2.47 bits per heavy atom. The van der Waals surface area contributed by atoms with Gasteiger partial charge >= 0.3 is 0 Å². The molecule has 0 saturated heterocycles. The molecule has 170 valence electrons. The fourth-order valence-corrected chi connectivity index (χ4v) is 5.57. The number of rotatable bonds is 9. The summed E-state index contributed by atoms with van der Waals surface area (Å²) in [4.78, 5) is 13.2. The van der Waals surface area contributed by atoms with Crippen LogP contribution < -0.4 is 5.32 Å². The minimum atomic E-state index is -3.54. The van der Waals surface area contributed by atoms with E-state index < -0.39 is 9.84 Å². The molecule has 0 fully saturated rings. The molecule has 0 aliphatic carbocycles. The molecule has 3 aromatic rings. The van der Waals surface area contributed by atoms with Crippen molar-refractivity contribution in [2.75, 3.05) is 5.32 Å². The summed E-state index contributed by atoms with van der Waals surface area (Å²) in [5, 5.41) is 11.5. The molecule has 0 radical (unpaired) electrons. The number of anilines is 1. The summed E-state index contributed by atoms with van der Waals surface area (Å²) in [6.45, 7) is 8.28. The van der Waals surface area contributed by atoms with E-state index in [-0.39, 0.29) is 21.8 Å². The molecule has 1 amide bonds. The molecule has 0 aliphatic heterocycles. The number of amides is 1. The summed E-state index contributed by atoms with van der Waals surface area (Å²) < 4.78 is 27.3. The Bertz CT molecular complexity index is 1190. The number of thioether (sulfide) groups is 1. The zero-order chi connectivity index (χ0) is 23.3. The number of carbonyl (C=O) groups excluding carboxylic acids is 1. The topological polar surface area (TPSA) is 93.9 Å². The van der Waals surface area contributed by atoms with Gasteiger partial charge in [-0.1, -0.05) is 49.0 Å². The van der Waals surface area contributed by atoms with Crippen molar-refractivity contribution < 1.29 is 13.2 Å². The van der Waals surface area contributed by atoms with Crippen LogP contribution >= 0.6 is 11.8 Å². The van der Waals surface area contributed by atoms with Gasteiger partial charge in [-0.15, -0.1) is 10.2 Å². The first-order chi connectivity index (χ1) is 15.2. The predicted octanol–water partition coefficient (Wildman–Crippen LogP) is 4.40. The second-order valence-corrected chi connectivity index (χ2v) is 10.7. The number of hydrogen-bond donors (Lipinski definition) is 1. The van der Waals surface area contributed by atoms with Crippen LogP contribution in [0.1, 0.15) is 37.2 Å². The molecular formula is C23H28N4O3S2. The first-order valence-corrected chi connectivity index (χ1v) is 13.0. The minimum absolute atomic E-state index is 0.115. The molecule has 3 rings (SSSR count). The maximum absolute atomic E-state index is 12.9. The highest BCUT2D eigenvalue weighted by molar-refractivity contribution is 8.00. The lowest BCUT2D eigenvalue weighted by molar-refractivity contribution is -0.115. The Labute approximate surface area is 193 Å². The molecule has 0 saturated carbocycles. The molecule has 0 aliphatic rings. The van der Waals surface area contributed by atoms with Crippen LogP contribution in [0.25, 0.3) is 0 Å². The third-order valence-corrected chi connectivity index (χ3v) is 8.07. The normalized spacial score (nSPS) is 12.5. The summed E-state index contributed by atoms with van der Waals surface area (Å²) in [7, 11) is -3.54. The van der Waals surface area contributed by atoms with Crippen molar-refractivity contribution in [3.8, 4) is 0 Å². The van der Waals surface area contributed by atoms with E-state index in [1.807, 2.05) is 45.9 Å². The molecule has 32 heavy (non-hydrogen) atoms. The van der Waals surface area contributed by atoms with Gasteiger partial charge < -0.3 is 9.88 Å². The van der Waals surface area contributed by atoms with Gasteiger partial charge in [0.15, 0.2) is 15.0 Å². The fraction of sp³-hybridized carbons (Fsp3) is 0.348. The Morgan fingerprint density at radius 2 is 1.81 bits per heavy atom. The molecule has 1 heterocycles. The number of nitrogens with one attached hydrogen (secondary N) is 1. The SMILES string of the molecule is CCC(Sc1nnc(CS(=O)(=O)c2ccccc2)n1CC)C(=O)Nc1cc(C)ccc1C. The molecule has 1 atom stereocenters. The van der Waals surface area contributed by atoms with Crippen molar-refractivity contribution in [1.29, 1.82) is 0 Å². The maximum Gasteiger partial charge on any atom is 0.237 e. The third-order valence-electron chi connectivity index (χ3n) is 5.09. The maximum atomic E-state index is 12.9. The number of hydrogen-bond acceptors (Lipinski definition) is 6. The summed E-state index contributed by atoms with van der Waals surface area (Å²) in [5.74, 6) is 0.00289. The highest BCUT2D eigenvalue weighted by Gasteiger charge is 2.25. The standard InChI is InChI=1S/C23H28N4O3S2/c1-5-20(22(28)24-19-14-16(3)12-13-17(19)4)31-23-26-25-21(27(23)6-2)15-32(29,30)18-10-8-7-9-11-18/h7-14,20H,5-6,15H2,1-4H3,(H,24,28). The van der Waals surface area contributed by atoms with Crippen LogP contribution in [0.15, 0.2) is 58.6 Å². The molecular weight excluding hydrogens is 444 g/mol. The van der Waals surface area contributed by atoms with Crippen molar-refractivity contribution >= 4 is 33.2 Å². The van der Waals surface area contributed by atoms with Gasteiger partial charge in [-0.25, -0.2) is 8.42 Å². The van der Waals surface area contributed by atoms with Crippen LogP contribution in [0.3, 0.4) is 0 Å². The average molecular weight is 473 g/mol. The van der Waals surface area contributed by atoms with Crippen molar-refractivity contribution in [2.24, 2.45) is 0 Å².